The summed E-state index contributed by atoms with van der Waals surface area (Å²) in [6.45, 7) is 3.23. The molecule has 2 aromatic carbocycles. The lowest BCUT2D eigenvalue weighted by Gasteiger charge is -2.09. The fraction of sp³-hybridized carbons (Fsp3) is 0.304. The van der Waals surface area contributed by atoms with Gasteiger partial charge in [0.25, 0.3) is 5.91 Å². The van der Waals surface area contributed by atoms with E-state index in [2.05, 4.69) is 29.1 Å². The molecule has 28 heavy (non-hydrogen) atoms. The molecule has 0 aliphatic carbocycles. The van der Waals surface area contributed by atoms with Crippen LogP contribution in [0.5, 0.6) is 5.75 Å². The van der Waals surface area contributed by atoms with E-state index in [0.717, 1.165) is 47.2 Å². The first-order valence-corrected chi connectivity index (χ1v) is 10.4. The maximum Gasteiger partial charge on any atom is 0.251 e. The number of hydrogen-bond donors (Lipinski definition) is 1. The Morgan fingerprint density at radius 2 is 2.07 bits per heavy atom. The third-order valence-corrected chi connectivity index (χ3v) is 4.95. The summed E-state index contributed by atoms with van der Waals surface area (Å²) >= 11 is 1.53. The summed E-state index contributed by atoms with van der Waals surface area (Å²) in [5, 5.41) is 2.97. The van der Waals surface area contributed by atoms with E-state index in [1.54, 1.807) is 11.6 Å². The van der Waals surface area contributed by atoms with E-state index in [1.807, 2.05) is 36.4 Å². The van der Waals surface area contributed by atoms with Crippen molar-refractivity contribution in [1.82, 2.24) is 10.3 Å². The molecule has 4 nitrogen and oxygen atoms in total. The predicted molar refractivity (Wildman–Crippen MR) is 115 cm³/mol. The number of nitrogens with zero attached hydrogens (tertiary/aromatic N) is 1. The molecular formula is C23H24N2O2S. The van der Waals surface area contributed by atoms with Crippen molar-refractivity contribution in [3.05, 3.63) is 59.1 Å². The van der Waals surface area contributed by atoms with Crippen LogP contribution in [0.25, 0.3) is 10.2 Å². The van der Waals surface area contributed by atoms with Crippen molar-refractivity contribution < 1.29 is 9.53 Å². The van der Waals surface area contributed by atoms with E-state index in [0.29, 0.717) is 18.7 Å². The van der Waals surface area contributed by atoms with Gasteiger partial charge in [-0.05, 0) is 48.7 Å². The van der Waals surface area contributed by atoms with Gasteiger partial charge in [0.2, 0.25) is 0 Å². The molecule has 1 N–H and O–H groups in total. The number of ether oxygens (including phenoxy) is 1. The van der Waals surface area contributed by atoms with Gasteiger partial charge in [0.1, 0.15) is 5.75 Å². The molecule has 0 aliphatic rings. The molecule has 1 aromatic heterocycles. The Morgan fingerprint density at radius 3 is 2.96 bits per heavy atom. The van der Waals surface area contributed by atoms with E-state index in [-0.39, 0.29) is 5.91 Å². The zero-order chi connectivity index (χ0) is 19.6. The molecule has 0 aliphatic heterocycles. The standard InChI is InChI=1S/C23H24N2O2S/c1-2-3-4-5-6-7-13-27-20-10-8-9-18(14-20)16-24-23(26)19-11-12-21-22(15-19)28-17-25-21/h8-12,14-15,17H,2-3,6-7,13,16H2,1H3,(H,24,26). The Hall–Kier alpha value is -2.84. The molecule has 0 atom stereocenters. The molecule has 3 rings (SSSR count). The van der Waals surface area contributed by atoms with Crippen LogP contribution in [0.15, 0.2) is 48.0 Å². The molecule has 1 amide bonds. The maximum atomic E-state index is 12.4. The summed E-state index contributed by atoms with van der Waals surface area (Å²) in [7, 11) is 0. The highest BCUT2D eigenvalue weighted by Gasteiger charge is 2.07. The summed E-state index contributed by atoms with van der Waals surface area (Å²) < 4.78 is 6.81. The number of amides is 1. The van der Waals surface area contributed by atoms with Crippen molar-refractivity contribution in [2.24, 2.45) is 0 Å². The number of carbonyl (C=O) groups excluding carboxylic acids is 1. The number of rotatable bonds is 8. The van der Waals surface area contributed by atoms with Crippen molar-refractivity contribution in [2.75, 3.05) is 6.61 Å². The van der Waals surface area contributed by atoms with Crippen molar-refractivity contribution in [1.29, 1.82) is 0 Å². The van der Waals surface area contributed by atoms with E-state index in [1.165, 1.54) is 11.3 Å². The number of hydrogen-bond acceptors (Lipinski definition) is 4. The first-order valence-electron chi connectivity index (χ1n) is 9.55. The second kappa shape index (κ2) is 10.5. The molecule has 0 unspecified atom stereocenters. The summed E-state index contributed by atoms with van der Waals surface area (Å²) in [6.07, 6.45) is 3.84. The van der Waals surface area contributed by atoms with E-state index < -0.39 is 0 Å². The third-order valence-electron chi connectivity index (χ3n) is 4.16. The zero-order valence-electron chi connectivity index (χ0n) is 16.0. The second-order valence-corrected chi connectivity index (χ2v) is 7.31. The number of thiazole rings is 1. The van der Waals surface area contributed by atoms with Gasteiger partial charge in [-0.3, -0.25) is 4.79 Å². The number of nitrogens with one attached hydrogen (secondary N) is 1. The molecule has 144 valence electrons. The van der Waals surface area contributed by atoms with Gasteiger partial charge in [0.05, 0.1) is 22.3 Å². The third kappa shape index (κ3) is 5.83. The summed E-state index contributed by atoms with van der Waals surface area (Å²) in [4.78, 5) is 16.7. The Kier molecular flexibility index (Phi) is 7.45. The molecule has 0 radical (unpaired) electrons. The SMILES string of the molecule is CCCC#CCCCOc1cccc(CNC(=O)c2ccc3ncsc3c2)c1. The molecule has 0 spiro atoms. The fourth-order valence-electron chi connectivity index (χ4n) is 2.68. The molecule has 5 heteroatoms. The molecule has 0 fully saturated rings. The number of unbranched alkanes of at least 4 members (excludes halogenated alkanes) is 2. The van der Waals surface area contributed by atoms with Gasteiger partial charge in [0, 0.05) is 24.9 Å². The van der Waals surface area contributed by atoms with Crippen molar-refractivity contribution in [3.63, 3.8) is 0 Å². The lowest BCUT2D eigenvalue weighted by atomic mass is 10.2. The average Bonchev–Trinajstić information content (AvgIpc) is 3.19. The quantitative estimate of drug-likeness (QED) is 0.424. The lowest BCUT2D eigenvalue weighted by molar-refractivity contribution is 0.0951. The molecule has 0 saturated heterocycles. The largest absolute Gasteiger partial charge is 0.494 e. The average molecular weight is 393 g/mol. The van der Waals surface area contributed by atoms with Crippen molar-refractivity contribution >= 4 is 27.5 Å². The lowest BCUT2D eigenvalue weighted by Crippen LogP contribution is -2.22. The smallest absolute Gasteiger partial charge is 0.251 e. The number of fused-ring (bicyclic) bond motifs is 1. The van der Waals surface area contributed by atoms with Gasteiger partial charge >= 0.3 is 0 Å². The summed E-state index contributed by atoms with van der Waals surface area (Å²) in [5.41, 5.74) is 4.36. The Morgan fingerprint density at radius 1 is 1.18 bits per heavy atom. The molecule has 1 heterocycles. The van der Waals surface area contributed by atoms with Crippen LogP contribution in [0, 0.1) is 11.8 Å². The summed E-state index contributed by atoms with van der Waals surface area (Å²) in [6, 6.07) is 13.4. The Balaban J connectivity index is 1.47. The van der Waals surface area contributed by atoms with E-state index in [4.69, 9.17) is 4.74 Å². The van der Waals surface area contributed by atoms with Crippen LogP contribution in [-0.2, 0) is 6.54 Å². The van der Waals surface area contributed by atoms with E-state index >= 15 is 0 Å². The molecular weight excluding hydrogens is 368 g/mol. The van der Waals surface area contributed by atoms with Crippen LogP contribution in [0.4, 0.5) is 0 Å². The van der Waals surface area contributed by atoms with Gasteiger partial charge in [-0.2, -0.15) is 0 Å². The predicted octanol–water partition coefficient (Wildman–Crippen LogP) is 5.19. The van der Waals surface area contributed by atoms with Gasteiger partial charge in [-0.25, -0.2) is 4.98 Å². The van der Waals surface area contributed by atoms with Crippen LogP contribution in [-0.4, -0.2) is 17.5 Å². The minimum absolute atomic E-state index is 0.0905. The fourth-order valence-corrected chi connectivity index (χ4v) is 3.39. The van der Waals surface area contributed by atoms with Crippen LogP contribution < -0.4 is 10.1 Å². The zero-order valence-corrected chi connectivity index (χ0v) is 16.8. The van der Waals surface area contributed by atoms with Crippen LogP contribution in [0.1, 0.15) is 48.5 Å². The van der Waals surface area contributed by atoms with Gasteiger partial charge < -0.3 is 10.1 Å². The topological polar surface area (TPSA) is 51.2 Å². The van der Waals surface area contributed by atoms with Crippen LogP contribution in [0.3, 0.4) is 0 Å². The highest BCUT2D eigenvalue weighted by molar-refractivity contribution is 7.16. The van der Waals surface area contributed by atoms with Crippen LogP contribution in [0.2, 0.25) is 0 Å². The monoisotopic (exact) mass is 392 g/mol. The van der Waals surface area contributed by atoms with E-state index in [9.17, 15) is 4.79 Å². The number of carbonyl (C=O) groups is 1. The second-order valence-electron chi connectivity index (χ2n) is 6.42. The normalized spacial score (nSPS) is 10.3. The minimum atomic E-state index is -0.0905. The highest BCUT2D eigenvalue weighted by atomic mass is 32.1. The van der Waals surface area contributed by atoms with Gasteiger partial charge in [0.15, 0.2) is 0 Å². The van der Waals surface area contributed by atoms with Crippen molar-refractivity contribution in [3.8, 4) is 17.6 Å². The van der Waals surface area contributed by atoms with Crippen molar-refractivity contribution in [2.45, 2.75) is 39.2 Å². The Labute approximate surface area is 170 Å². The summed E-state index contributed by atoms with van der Waals surface area (Å²) in [5.74, 6) is 7.03. The minimum Gasteiger partial charge on any atom is -0.494 e. The van der Waals surface area contributed by atoms with Crippen LogP contribution >= 0.6 is 11.3 Å². The number of aromatic nitrogens is 1. The Bertz CT molecular complexity index is 985. The molecule has 0 saturated carbocycles. The first kappa shape index (κ1) is 19.9. The molecule has 0 bridgehead atoms. The highest BCUT2D eigenvalue weighted by Crippen LogP contribution is 2.19. The van der Waals surface area contributed by atoms with Gasteiger partial charge in [-0.15, -0.1) is 23.2 Å². The maximum absolute atomic E-state index is 12.4. The molecule has 3 aromatic rings. The van der Waals surface area contributed by atoms with Gasteiger partial charge in [-0.1, -0.05) is 19.1 Å². The number of benzene rings is 2. The first-order chi connectivity index (χ1) is 13.8.